The van der Waals surface area contributed by atoms with Crippen LogP contribution in [-0.2, 0) is 13.1 Å². The van der Waals surface area contributed by atoms with Crippen LogP contribution >= 0.6 is 11.3 Å². The zero-order chi connectivity index (χ0) is 15.6. The summed E-state index contributed by atoms with van der Waals surface area (Å²) in [4.78, 5) is 6.73. The van der Waals surface area contributed by atoms with Gasteiger partial charge < -0.3 is 8.83 Å². The second-order valence-electron chi connectivity index (χ2n) is 5.23. The topological polar surface area (TPSA) is 68.2 Å². The average Bonchev–Trinajstić information content (AvgIpc) is 3.26. The molecule has 0 fully saturated rings. The van der Waals surface area contributed by atoms with E-state index in [0.717, 1.165) is 17.1 Å². The molecule has 0 N–H and O–H groups in total. The molecule has 6 nitrogen and oxygen atoms in total. The molecular weight excluding hydrogens is 312 g/mol. The van der Waals surface area contributed by atoms with Crippen LogP contribution in [-0.4, -0.2) is 27.1 Å². The Kier molecular flexibility index (Phi) is 3.64. The van der Waals surface area contributed by atoms with Gasteiger partial charge in [0, 0.05) is 0 Å². The minimum Gasteiger partial charge on any atom is -0.459 e. The van der Waals surface area contributed by atoms with Gasteiger partial charge in [-0.15, -0.1) is 21.5 Å². The molecule has 0 aliphatic rings. The largest absolute Gasteiger partial charge is 0.459 e. The highest BCUT2D eigenvalue weighted by molar-refractivity contribution is 7.18. The lowest BCUT2D eigenvalue weighted by atomic mass is 10.3. The number of nitrogens with zero attached hydrogens (tertiary/aromatic N) is 4. The molecule has 4 rings (SSSR count). The average molecular weight is 326 g/mol. The number of thiazole rings is 1. The fourth-order valence-corrected chi connectivity index (χ4v) is 3.37. The van der Waals surface area contributed by atoms with Crippen molar-refractivity contribution in [2.45, 2.75) is 13.1 Å². The Hall–Kier alpha value is -2.51. The lowest BCUT2D eigenvalue weighted by Gasteiger charge is -2.11. The van der Waals surface area contributed by atoms with Crippen molar-refractivity contribution in [2.75, 3.05) is 7.05 Å². The van der Waals surface area contributed by atoms with Crippen LogP contribution in [0.15, 0.2) is 51.5 Å². The molecule has 3 heterocycles. The molecule has 0 aliphatic carbocycles. The van der Waals surface area contributed by atoms with Gasteiger partial charge in [0.05, 0.1) is 29.6 Å². The van der Waals surface area contributed by atoms with E-state index in [4.69, 9.17) is 8.83 Å². The van der Waals surface area contributed by atoms with Crippen LogP contribution < -0.4 is 0 Å². The zero-order valence-corrected chi connectivity index (χ0v) is 13.3. The van der Waals surface area contributed by atoms with E-state index in [1.54, 1.807) is 29.7 Å². The van der Waals surface area contributed by atoms with E-state index in [9.17, 15) is 0 Å². The predicted molar refractivity (Wildman–Crippen MR) is 86.8 cm³/mol. The van der Waals surface area contributed by atoms with Gasteiger partial charge in [0.1, 0.15) is 5.01 Å². The quantitative estimate of drug-likeness (QED) is 0.558. The molecule has 1 aromatic carbocycles. The number of para-hydroxylation sites is 1. The maximum Gasteiger partial charge on any atom is 0.283 e. The summed E-state index contributed by atoms with van der Waals surface area (Å²) in [7, 11) is 2.00. The molecule has 7 heteroatoms. The molecule has 0 saturated heterocycles. The third-order valence-electron chi connectivity index (χ3n) is 3.35. The van der Waals surface area contributed by atoms with Crippen molar-refractivity contribution < 1.29 is 8.83 Å². The number of aromatic nitrogens is 3. The summed E-state index contributed by atoms with van der Waals surface area (Å²) in [6, 6.07) is 11.7. The van der Waals surface area contributed by atoms with Crippen molar-refractivity contribution in [2.24, 2.45) is 0 Å². The first-order valence-electron chi connectivity index (χ1n) is 7.17. The van der Waals surface area contributed by atoms with Gasteiger partial charge in [0.2, 0.25) is 5.89 Å². The van der Waals surface area contributed by atoms with E-state index in [2.05, 4.69) is 26.1 Å². The lowest BCUT2D eigenvalue weighted by molar-refractivity contribution is 0.282. The molecule has 3 aromatic heterocycles. The van der Waals surface area contributed by atoms with Crippen molar-refractivity contribution in [1.82, 2.24) is 20.1 Å². The first kappa shape index (κ1) is 14.1. The van der Waals surface area contributed by atoms with E-state index in [0.29, 0.717) is 24.1 Å². The molecule has 0 aliphatic heterocycles. The summed E-state index contributed by atoms with van der Waals surface area (Å²) >= 11 is 1.70. The lowest BCUT2D eigenvalue weighted by Crippen LogP contribution is -2.17. The van der Waals surface area contributed by atoms with Crippen molar-refractivity contribution >= 4 is 21.6 Å². The van der Waals surface area contributed by atoms with Crippen LogP contribution in [0.5, 0.6) is 0 Å². The van der Waals surface area contributed by atoms with E-state index < -0.39 is 0 Å². The molecule has 0 saturated carbocycles. The Bertz CT molecular complexity index is 880. The van der Waals surface area contributed by atoms with Crippen LogP contribution in [0.3, 0.4) is 0 Å². The van der Waals surface area contributed by atoms with Gasteiger partial charge in [-0.3, -0.25) is 4.90 Å². The van der Waals surface area contributed by atoms with Gasteiger partial charge in [-0.2, -0.15) is 0 Å². The second kappa shape index (κ2) is 5.94. The molecule has 116 valence electrons. The Morgan fingerprint density at radius 1 is 1.09 bits per heavy atom. The molecule has 23 heavy (non-hydrogen) atoms. The second-order valence-corrected chi connectivity index (χ2v) is 6.34. The van der Waals surface area contributed by atoms with Crippen molar-refractivity contribution in [3.63, 3.8) is 0 Å². The van der Waals surface area contributed by atoms with E-state index in [-0.39, 0.29) is 0 Å². The van der Waals surface area contributed by atoms with Gasteiger partial charge in [-0.25, -0.2) is 4.98 Å². The highest BCUT2D eigenvalue weighted by Gasteiger charge is 2.13. The highest BCUT2D eigenvalue weighted by Crippen LogP contribution is 2.23. The highest BCUT2D eigenvalue weighted by atomic mass is 32.1. The normalized spacial score (nSPS) is 11.6. The van der Waals surface area contributed by atoms with Gasteiger partial charge in [0.25, 0.3) is 5.89 Å². The smallest absolute Gasteiger partial charge is 0.283 e. The first-order chi connectivity index (χ1) is 11.3. The van der Waals surface area contributed by atoms with Crippen LogP contribution in [0, 0.1) is 0 Å². The molecule has 0 spiro atoms. The Balaban J connectivity index is 1.44. The fraction of sp³-hybridized carbons (Fsp3) is 0.188. The summed E-state index contributed by atoms with van der Waals surface area (Å²) in [5.41, 5.74) is 1.04. The summed E-state index contributed by atoms with van der Waals surface area (Å²) in [6.45, 7) is 1.29. The monoisotopic (exact) mass is 326 g/mol. The van der Waals surface area contributed by atoms with Crippen LogP contribution in [0.25, 0.3) is 21.9 Å². The SMILES string of the molecule is CN(Cc1nnc(-c2ccco2)o1)Cc1nc2ccccc2s1. The maximum absolute atomic E-state index is 5.62. The molecule has 0 unspecified atom stereocenters. The number of hydrogen-bond acceptors (Lipinski definition) is 7. The number of fused-ring (bicyclic) bond motifs is 1. The van der Waals surface area contributed by atoms with Gasteiger partial charge in [0.15, 0.2) is 5.76 Å². The summed E-state index contributed by atoms with van der Waals surface area (Å²) in [6.07, 6.45) is 1.58. The number of hydrogen-bond donors (Lipinski definition) is 0. The number of benzene rings is 1. The number of furan rings is 1. The third-order valence-corrected chi connectivity index (χ3v) is 4.37. The standard InChI is InChI=1S/C16H14N4O2S/c1-20(10-15-17-11-5-2-3-7-13(11)23-15)9-14-18-19-16(22-14)12-6-4-8-21-12/h2-8H,9-10H2,1H3. The van der Waals surface area contributed by atoms with Gasteiger partial charge in [-0.05, 0) is 31.3 Å². The van der Waals surface area contributed by atoms with Crippen LogP contribution in [0.4, 0.5) is 0 Å². The Morgan fingerprint density at radius 3 is 2.83 bits per heavy atom. The molecule has 0 bridgehead atoms. The summed E-state index contributed by atoms with van der Waals surface area (Å²) < 4.78 is 12.1. The van der Waals surface area contributed by atoms with E-state index in [1.807, 2.05) is 25.2 Å². The van der Waals surface area contributed by atoms with Crippen molar-refractivity contribution in [1.29, 1.82) is 0 Å². The summed E-state index contributed by atoms with van der Waals surface area (Å²) in [5, 5.41) is 9.13. The zero-order valence-electron chi connectivity index (χ0n) is 12.5. The van der Waals surface area contributed by atoms with Crippen molar-refractivity contribution in [3.05, 3.63) is 53.6 Å². The van der Waals surface area contributed by atoms with Gasteiger partial charge >= 0.3 is 0 Å². The minimum atomic E-state index is 0.401. The third kappa shape index (κ3) is 3.01. The number of rotatable bonds is 5. The molecular formula is C16H14N4O2S. The fourth-order valence-electron chi connectivity index (χ4n) is 2.32. The summed E-state index contributed by atoms with van der Waals surface area (Å²) in [5.74, 6) is 1.54. The first-order valence-corrected chi connectivity index (χ1v) is 7.99. The van der Waals surface area contributed by atoms with Crippen LogP contribution in [0.2, 0.25) is 0 Å². The van der Waals surface area contributed by atoms with E-state index in [1.165, 1.54) is 4.70 Å². The molecule has 4 aromatic rings. The maximum atomic E-state index is 5.62. The van der Waals surface area contributed by atoms with Crippen molar-refractivity contribution in [3.8, 4) is 11.7 Å². The van der Waals surface area contributed by atoms with Crippen LogP contribution in [0.1, 0.15) is 10.9 Å². The Labute approximate surface area is 136 Å². The molecule has 0 atom stereocenters. The Morgan fingerprint density at radius 2 is 2.00 bits per heavy atom. The van der Waals surface area contributed by atoms with Gasteiger partial charge in [-0.1, -0.05) is 12.1 Å². The molecule has 0 radical (unpaired) electrons. The molecule has 0 amide bonds. The minimum absolute atomic E-state index is 0.401. The predicted octanol–water partition coefficient (Wildman–Crippen LogP) is 3.57. The van der Waals surface area contributed by atoms with E-state index >= 15 is 0 Å².